The predicted molar refractivity (Wildman–Crippen MR) is 141 cm³/mol. The highest BCUT2D eigenvalue weighted by atomic mass is 35.5. The van der Waals surface area contributed by atoms with Gasteiger partial charge in [0.2, 0.25) is 0 Å². The van der Waals surface area contributed by atoms with Crippen molar-refractivity contribution in [2.75, 3.05) is 26.3 Å². The number of carbonyl (C=O) groups excluding carboxylic acids is 2. The number of piperidine rings is 1. The first-order chi connectivity index (χ1) is 17.2. The van der Waals surface area contributed by atoms with Crippen molar-refractivity contribution in [1.82, 2.24) is 15.2 Å². The molecular formula is C28H34ClN3O4. The van der Waals surface area contributed by atoms with Gasteiger partial charge in [-0.1, -0.05) is 48.0 Å². The van der Waals surface area contributed by atoms with E-state index in [0.29, 0.717) is 42.8 Å². The third-order valence-corrected chi connectivity index (χ3v) is 6.62. The average Bonchev–Trinajstić information content (AvgIpc) is 3.23. The molecule has 0 aliphatic carbocycles. The fraction of sp³-hybridized carbons (Fsp3) is 0.429. The molecule has 2 heterocycles. The molecule has 0 spiro atoms. The molecule has 0 radical (unpaired) electrons. The van der Waals surface area contributed by atoms with Gasteiger partial charge in [-0.25, -0.2) is 4.79 Å². The second-order valence-electron chi connectivity index (χ2n) is 10.3. The van der Waals surface area contributed by atoms with Gasteiger partial charge in [-0.3, -0.25) is 4.79 Å². The molecule has 3 aromatic rings. The smallest absolute Gasteiger partial charge is 0.410 e. The molecule has 2 aromatic carbocycles. The minimum absolute atomic E-state index is 0.175. The molecule has 1 fully saturated rings. The van der Waals surface area contributed by atoms with Crippen LogP contribution in [0.25, 0.3) is 10.9 Å². The molecule has 36 heavy (non-hydrogen) atoms. The highest BCUT2D eigenvalue weighted by Crippen LogP contribution is 2.25. The number of nitrogens with one attached hydrogen (secondary N) is 2. The number of halogens is 1. The van der Waals surface area contributed by atoms with Crippen LogP contribution in [0.3, 0.4) is 0 Å². The summed E-state index contributed by atoms with van der Waals surface area (Å²) in [5, 5.41) is 4.63. The van der Waals surface area contributed by atoms with Crippen molar-refractivity contribution in [3.8, 4) is 0 Å². The van der Waals surface area contributed by atoms with E-state index in [1.807, 2.05) is 57.2 Å². The van der Waals surface area contributed by atoms with Crippen LogP contribution in [-0.4, -0.2) is 53.8 Å². The van der Waals surface area contributed by atoms with Gasteiger partial charge in [0.05, 0.1) is 17.7 Å². The van der Waals surface area contributed by atoms with Crippen LogP contribution in [0.15, 0.2) is 54.7 Å². The number of amides is 2. The molecule has 192 valence electrons. The zero-order chi connectivity index (χ0) is 25.7. The fourth-order valence-electron chi connectivity index (χ4n) is 4.34. The maximum atomic E-state index is 13.1. The number of hydrogen-bond donors (Lipinski definition) is 2. The second-order valence-corrected chi connectivity index (χ2v) is 10.7. The van der Waals surface area contributed by atoms with E-state index in [2.05, 4.69) is 10.3 Å². The Kier molecular flexibility index (Phi) is 8.21. The molecule has 1 saturated heterocycles. The molecule has 0 bridgehead atoms. The second kappa shape index (κ2) is 11.4. The van der Waals surface area contributed by atoms with E-state index < -0.39 is 5.60 Å². The number of ether oxygens (including phenoxy) is 2. The Morgan fingerprint density at radius 3 is 2.56 bits per heavy atom. The van der Waals surface area contributed by atoms with Gasteiger partial charge in [-0.05, 0) is 57.2 Å². The lowest BCUT2D eigenvalue weighted by molar-refractivity contribution is 0.0105. The Balaban J connectivity index is 1.32. The number of aromatic nitrogens is 1. The molecule has 0 saturated carbocycles. The molecule has 7 nitrogen and oxygen atoms in total. The summed E-state index contributed by atoms with van der Waals surface area (Å²) in [5.74, 6) is 0.182. The quantitative estimate of drug-likeness (QED) is 0.410. The molecule has 1 atom stereocenters. The van der Waals surface area contributed by atoms with Gasteiger partial charge < -0.3 is 24.7 Å². The molecule has 4 rings (SSSR count). The number of H-pyrrole nitrogens is 1. The summed E-state index contributed by atoms with van der Waals surface area (Å²) in [4.78, 5) is 30.2. The van der Waals surface area contributed by atoms with E-state index in [-0.39, 0.29) is 18.0 Å². The molecule has 0 unspecified atom stereocenters. The number of likely N-dealkylation sites (tertiary alicyclic amines) is 1. The summed E-state index contributed by atoms with van der Waals surface area (Å²) in [6.45, 7) is 7.89. The Hall–Kier alpha value is -3.03. The largest absolute Gasteiger partial charge is 0.444 e. The lowest BCUT2D eigenvalue weighted by atomic mass is 9.98. The van der Waals surface area contributed by atoms with Crippen molar-refractivity contribution in [2.45, 2.75) is 45.3 Å². The Labute approximate surface area is 217 Å². The predicted octanol–water partition coefficient (Wildman–Crippen LogP) is 5.96. The SMILES string of the molecule is CC(C)(C)OC(=O)N1CCC(COC[C@H](NC(=O)c2ccc3c(Cl)c[nH]c3c2)c2ccccc2)CC1. The Bertz CT molecular complexity index is 1180. The zero-order valence-corrected chi connectivity index (χ0v) is 21.8. The first-order valence-corrected chi connectivity index (χ1v) is 12.8. The summed E-state index contributed by atoms with van der Waals surface area (Å²) in [6.07, 6.45) is 3.18. The molecular weight excluding hydrogens is 478 g/mol. The van der Waals surface area contributed by atoms with Crippen molar-refractivity contribution in [3.63, 3.8) is 0 Å². The molecule has 1 aliphatic heterocycles. The van der Waals surface area contributed by atoms with Gasteiger partial charge in [0.15, 0.2) is 0 Å². The zero-order valence-electron chi connectivity index (χ0n) is 21.1. The monoisotopic (exact) mass is 511 g/mol. The highest BCUT2D eigenvalue weighted by Gasteiger charge is 2.27. The Morgan fingerprint density at radius 2 is 1.86 bits per heavy atom. The number of nitrogens with zero attached hydrogens (tertiary/aromatic N) is 1. The van der Waals surface area contributed by atoms with Crippen LogP contribution >= 0.6 is 11.6 Å². The minimum Gasteiger partial charge on any atom is -0.444 e. The van der Waals surface area contributed by atoms with Gasteiger partial charge in [0.25, 0.3) is 5.91 Å². The van der Waals surface area contributed by atoms with Crippen LogP contribution in [0.4, 0.5) is 4.79 Å². The standard InChI is InChI=1S/C28H34ClN3O4/c1-28(2,3)36-27(34)32-13-11-19(12-14-32)17-35-18-25(20-7-5-4-6-8-20)31-26(33)21-9-10-22-23(29)16-30-24(22)15-21/h4-10,15-16,19,25,30H,11-14,17-18H2,1-3H3,(H,31,33)/t25-/m0/s1. The third kappa shape index (κ3) is 6.80. The normalized spacial score (nSPS) is 15.6. The number of benzene rings is 2. The average molecular weight is 512 g/mol. The number of carbonyl (C=O) groups is 2. The van der Waals surface area contributed by atoms with Crippen LogP contribution in [0.5, 0.6) is 0 Å². The first-order valence-electron chi connectivity index (χ1n) is 12.4. The van der Waals surface area contributed by atoms with Crippen LogP contribution in [-0.2, 0) is 9.47 Å². The van der Waals surface area contributed by atoms with E-state index >= 15 is 0 Å². The minimum atomic E-state index is -0.492. The maximum Gasteiger partial charge on any atom is 0.410 e. The van der Waals surface area contributed by atoms with Gasteiger partial charge in [-0.15, -0.1) is 0 Å². The fourth-order valence-corrected chi connectivity index (χ4v) is 4.56. The van der Waals surface area contributed by atoms with E-state index in [1.165, 1.54) is 0 Å². The summed E-state index contributed by atoms with van der Waals surface area (Å²) >= 11 is 6.16. The third-order valence-electron chi connectivity index (χ3n) is 6.31. The molecule has 1 aromatic heterocycles. The van der Waals surface area contributed by atoms with Crippen LogP contribution in [0, 0.1) is 5.92 Å². The molecule has 2 N–H and O–H groups in total. The highest BCUT2D eigenvalue weighted by molar-refractivity contribution is 6.35. The molecule has 2 amide bonds. The van der Waals surface area contributed by atoms with Crippen LogP contribution in [0.1, 0.15) is 55.6 Å². The van der Waals surface area contributed by atoms with E-state index in [9.17, 15) is 9.59 Å². The van der Waals surface area contributed by atoms with Crippen LogP contribution in [0.2, 0.25) is 5.02 Å². The van der Waals surface area contributed by atoms with Crippen LogP contribution < -0.4 is 5.32 Å². The molecule has 1 aliphatic rings. The summed E-state index contributed by atoms with van der Waals surface area (Å²) in [6, 6.07) is 15.0. The topological polar surface area (TPSA) is 83.7 Å². The first kappa shape index (κ1) is 26.0. The van der Waals surface area contributed by atoms with Gasteiger partial charge in [0, 0.05) is 42.4 Å². The number of hydrogen-bond acceptors (Lipinski definition) is 4. The van der Waals surface area contributed by atoms with Gasteiger partial charge >= 0.3 is 6.09 Å². The summed E-state index contributed by atoms with van der Waals surface area (Å²) in [7, 11) is 0. The lowest BCUT2D eigenvalue weighted by Gasteiger charge is -2.33. The maximum absolute atomic E-state index is 13.1. The van der Waals surface area contributed by atoms with Crippen molar-refractivity contribution in [3.05, 3.63) is 70.9 Å². The van der Waals surface area contributed by atoms with Crippen molar-refractivity contribution < 1.29 is 19.1 Å². The van der Waals surface area contributed by atoms with Crippen molar-refractivity contribution >= 4 is 34.5 Å². The number of rotatable bonds is 7. The molecule has 8 heteroatoms. The summed E-state index contributed by atoms with van der Waals surface area (Å²) < 4.78 is 11.6. The lowest BCUT2D eigenvalue weighted by Crippen LogP contribution is -2.42. The van der Waals surface area contributed by atoms with Gasteiger partial charge in [-0.2, -0.15) is 0 Å². The number of aromatic amines is 1. The van der Waals surface area contributed by atoms with E-state index in [1.54, 1.807) is 23.2 Å². The van der Waals surface area contributed by atoms with Gasteiger partial charge in [0.1, 0.15) is 5.60 Å². The summed E-state index contributed by atoms with van der Waals surface area (Å²) in [5.41, 5.74) is 1.86. The Morgan fingerprint density at radius 1 is 1.14 bits per heavy atom. The van der Waals surface area contributed by atoms with Crippen molar-refractivity contribution in [2.24, 2.45) is 5.92 Å². The van der Waals surface area contributed by atoms with Crippen molar-refractivity contribution in [1.29, 1.82) is 0 Å². The van der Waals surface area contributed by atoms with E-state index in [4.69, 9.17) is 21.1 Å². The van der Waals surface area contributed by atoms with E-state index in [0.717, 1.165) is 29.3 Å². The number of fused-ring (bicyclic) bond motifs is 1.